The van der Waals surface area contributed by atoms with E-state index in [1.807, 2.05) is 25.1 Å². The fourth-order valence-electron chi connectivity index (χ4n) is 3.57. The molecule has 0 bridgehead atoms. The molecule has 0 amide bonds. The van der Waals surface area contributed by atoms with Crippen LogP contribution >= 0.6 is 11.6 Å². The molecule has 1 heterocycles. The van der Waals surface area contributed by atoms with Gasteiger partial charge in [-0.3, -0.25) is 4.98 Å². The predicted molar refractivity (Wildman–Crippen MR) is 118 cm³/mol. The summed E-state index contributed by atoms with van der Waals surface area (Å²) in [5.41, 5.74) is 3.43. The van der Waals surface area contributed by atoms with Crippen molar-refractivity contribution in [2.24, 2.45) is 0 Å². The molecular weight excluding hydrogens is 404 g/mol. The van der Waals surface area contributed by atoms with E-state index in [2.05, 4.69) is 4.98 Å². The van der Waals surface area contributed by atoms with Crippen LogP contribution in [0.3, 0.4) is 0 Å². The number of allylic oxidation sites excluding steroid dienone is 2. The van der Waals surface area contributed by atoms with E-state index >= 15 is 0 Å². The lowest BCUT2D eigenvalue weighted by Crippen LogP contribution is -2.09. The number of rotatable bonds is 6. The summed E-state index contributed by atoms with van der Waals surface area (Å²) in [6, 6.07) is 14.2. The maximum atomic E-state index is 14.7. The molecule has 1 atom stereocenters. The van der Waals surface area contributed by atoms with Crippen LogP contribution in [0.15, 0.2) is 78.6 Å². The molecule has 0 fully saturated rings. The molecule has 0 aliphatic carbocycles. The van der Waals surface area contributed by atoms with Gasteiger partial charge in [-0.15, -0.1) is 0 Å². The average molecular weight is 426 g/mol. The van der Waals surface area contributed by atoms with Gasteiger partial charge in [0.25, 0.3) is 0 Å². The first-order chi connectivity index (χ1) is 14.5. The van der Waals surface area contributed by atoms with Crippen LogP contribution < -0.4 is 0 Å². The molecule has 0 aliphatic rings. The molecule has 0 saturated heterocycles. The Kier molecular flexibility index (Phi) is 7.14. The molecule has 3 aromatic rings. The topological polar surface area (TPSA) is 33.1 Å². The number of benzene rings is 2. The average Bonchev–Trinajstić information content (AvgIpc) is 2.75. The van der Waals surface area contributed by atoms with E-state index in [1.165, 1.54) is 12.1 Å². The summed E-state index contributed by atoms with van der Waals surface area (Å²) in [6.45, 7) is 3.72. The zero-order valence-electron chi connectivity index (χ0n) is 16.7. The highest BCUT2D eigenvalue weighted by Gasteiger charge is 2.24. The molecule has 0 spiro atoms. The Balaban J connectivity index is 2.30. The number of aliphatic hydroxyl groups excluding tert-OH is 1. The monoisotopic (exact) mass is 425 g/mol. The molecular formula is C25H22ClF2NO. The number of aliphatic hydroxyl groups is 1. The molecule has 0 radical (unpaired) electrons. The highest BCUT2D eigenvalue weighted by Crippen LogP contribution is 2.41. The smallest absolute Gasteiger partial charge is 0.133 e. The van der Waals surface area contributed by atoms with E-state index in [0.717, 1.165) is 17.2 Å². The molecule has 1 N–H and O–H groups in total. The number of nitrogens with zero attached hydrogens (tertiary/aromatic N) is 1. The molecule has 3 rings (SSSR count). The van der Waals surface area contributed by atoms with Crippen LogP contribution in [-0.4, -0.2) is 10.1 Å². The van der Waals surface area contributed by atoms with Gasteiger partial charge in [-0.25, -0.2) is 8.78 Å². The first kappa shape index (κ1) is 21.9. The Morgan fingerprint density at radius 1 is 1.13 bits per heavy atom. The van der Waals surface area contributed by atoms with Crippen LogP contribution in [0.2, 0.25) is 5.02 Å². The minimum atomic E-state index is -1.07. The Hall–Kier alpha value is -2.82. The molecule has 1 aromatic heterocycles. The van der Waals surface area contributed by atoms with E-state index in [9.17, 15) is 13.9 Å². The lowest BCUT2D eigenvalue weighted by Gasteiger charge is -2.24. The number of pyridine rings is 1. The van der Waals surface area contributed by atoms with E-state index in [0.29, 0.717) is 28.2 Å². The number of hydrogen-bond donors (Lipinski definition) is 1. The van der Waals surface area contributed by atoms with Crippen LogP contribution in [0.4, 0.5) is 8.78 Å². The quantitative estimate of drug-likeness (QED) is 0.430. The molecule has 5 heteroatoms. The summed E-state index contributed by atoms with van der Waals surface area (Å²) in [7, 11) is 0. The summed E-state index contributed by atoms with van der Waals surface area (Å²) >= 11 is 6.21. The van der Waals surface area contributed by atoms with E-state index in [4.69, 9.17) is 11.6 Å². The molecule has 0 aliphatic heterocycles. The summed E-state index contributed by atoms with van der Waals surface area (Å²) in [6.07, 6.45) is 4.42. The van der Waals surface area contributed by atoms with Gasteiger partial charge < -0.3 is 5.11 Å². The Morgan fingerprint density at radius 3 is 2.53 bits per heavy atom. The summed E-state index contributed by atoms with van der Waals surface area (Å²) in [4.78, 5) is 4.10. The standard InChI is InChI=1S/C25H22ClF2NO/c1-3-20(16-7-5-9-18(26)13-16)24(25(30)17-8-6-12-29-15-17)21(4-2)22-11-10-19(27)14-23(22)28/h4-15,25,30H,3H2,1-2H3/b21-4-,24-20-. The Labute approximate surface area is 180 Å². The van der Waals surface area contributed by atoms with Crippen LogP contribution in [0.5, 0.6) is 0 Å². The third-order valence-electron chi connectivity index (χ3n) is 4.93. The maximum absolute atomic E-state index is 14.7. The third kappa shape index (κ3) is 4.66. The molecule has 1 unspecified atom stereocenters. The van der Waals surface area contributed by atoms with Crippen molar-refractivity contribution in [2.45, 2.75) is 26.4 Å². The van der Waals surface area contributed by atoms with Gasteiger partial charge in [0.05, 0.1) is 0 Å². The van der Waals surface area contributed by atoms with Crippen LogP contribution in [0.1, 0.15) is 43.1 Å². The van der Waals surface area contributed by atoms with Crippen molar-refractivity contribution < 1.29 is 13.9 Å². The minimum Gasteiger partial charge on any atom is -0.384 e. The second kappa shape index (κ2) is 9.79. The first-order valence-corrected chi connectivity index (χ1v) is 10.0. The first-order valence-electron chi connectivity index (χ1n) is 9.65. The second-order valence-electron chi connectivity index (χ2n) is 6.77. The summed E-state index contributed by atoms with van der Waals surface area (Å²) < 4.78 is 28.3. The van der Waals surface area contributed by atoms with Crippen LogP contribution in [0, 0.1) is 11.6 Å². The maximum Gasteiger partial charge on any atom is 0.133 e. The summed E-state index contributed by atoms with van der Waals surface area (Å²) in [5.74, 6) is -1.35. The molecule has 0 saturated carbocycles. The molecule has 30 heavy (non-hydrogen) atoms. The molecule has 154 valence electrons. The summed E-state index contributed by atoms with van der Waals surface area (Å²) in [5, 5.41) is 11.9. The normalized spacial score (nSPS) is 13.7. The van der Waals surface area contributed by atoms with E-state index in [-0.39, 0.29) is 5.56 Å². The number of hydrogen-bond acceptors (Lipinski definition) is 2. The Bertz CT molecular complexity index is 1090. The van der Waals surface area contributed by atoms with Crippen molar-refractivity contribution >= 4 is 22.7 Å². The van der Waals surface area contributed by atoms with Crippen molar-refractivity contribution in [1.82, 2.24) is 4.98 Å². The van der Waals surface area contributed by atoms with Gasteiger partial charge >= 0.3 is 0 Å². The largest absolute Gasteiger partial charge is 0.384 e. The van der Waals surface area contributed by atoms with E-state index < -0.39 is 17.7 Å². The van der Waals surface area contributed by atoms with Gasteiger partial charge in [-0.2, -0.15) is 0 Å². The van der Waals surface area contributed by atoms with Crippen molar-refractivity contribution in [3.63, 3.8) is 0 Å². The van der Waals surface area contributed by atoms with Crippen molar-refractivity contribution in [3.8, 4) is 0 Å². The highest BCUT2D eigenvalue weighted by atomic mass is 35.5. The number of halogens is 3. The van der Waals surface area contributed by atoms with Crippen molar-refractivity contribution in [1.29, 1.82) is 0 Å². The van der Waals surface area contributed by atoms with Crippen LogP contribution in [-0.2, 0) is 0 Å². The molecule has 2 nitrogen and oxygen atoms in total. The fourth-order valence-corrected chi connectivity index (χ4v) is 3.76. The van der Waals surface area contributed by atoms with Gasteiger partial charge in [-0.05, 0) is 66.0 Å². The van der Waals surface area contributed by atoms with E-state index in [1.54, 1.807) is 43.6 Å². The number of aromatic nitrogens is 1. The zero-order valence-corrected chi connectivity index (χ0v) is 17.5. The molecule has 2 aromatic carbocycles. The van der Waals surface area contributed by atoms with Gasteiger partial charge in [0.15, 0.2) is 0 Å². The zero-order chi connectivity index (χ0) is 21.7. The van der Waals surface area contributed by atoms with Crippen LogP contribution in [0.25, 0.3) is 11.1 Å². The van der Waals surface area contributed by atoms with Crippen molar-refractivity contribution in [3.05, 3.63) is 112 Å². The fraction of sp³-hybridized carbons (Fsp3) is 0.160. The minimum absolute atomic E-state index is 0.213. The van der Waals surface area contributed by atoms with Gasteiger partial charge in [0.2, 0.25) is 0 Å². The van der Waals surface area contributed by atoms with Crippen molar-refractivity contribution in [2.75, 3.05) is 0 Å². The third-order valence-corrected chi connectivity index (χ3v) is 5.16. The Morgan fingerprint density at radius 2 is 1.93 bits per heavy atom. The predicted octanol–water partition coefficient (Wildman–Crippen LogP) is 7.01. The highest BCUT2D eigenvalue weighted by molar-refractivity contribution is 6.30. The lowest BCUT2D eigenvalue weighted by molar-refractivity contribution is 0.220. The second-order valence-corrected chi connectivity index (χ2v) is 7.21. The SMILES string of the molecule is C/C=C(\C(=C(/CC)c1cccc(Cl)c1)C(O)c1cccnc1)c1ccc(F)cc1F. The lowest BCUT2D eigenvalue weighted by atomic mass is 9.84. The van der Waals surface area contributed by atoms with Gasteiger partial charge in [-0.1, -0.05) is 42.8 Å². The van der Waals surface area contributed by atoms with Gasteiger partial charge in [0, 0.05) is 34.6 Å². The van der Waals surface area contributed by atoms with Gasteiger partial charge in [0.1, 0.15) is 17.7 Å².